The first kappa shape index (κ1) is 11.9. The van der Waals surface area contributed by atoms with Gasteiger partial charge in [0.2, 0.25) is 0 Å². The average molecular weight is 232 g/mol. The van der Waals surface area contributed by atoms with Gasteiger partial charge in [-0.2, -0.15) is 11.8 Å². The van der Waals surface area contributed by atoms with Crippen molar-refractivity contribution in [2.75, 3.05) is 24.9 Å². The summed E-state index contributed by atoms with van der Waals surface area (Å²) in [6.07, 6.45) is 8.91. The number of nitrogens with zero attached hydrogens (tertiary/aromatic N) is 1. The Morgan fingerprint density at radius 1 is 1.57 bits per heavy atom. The van der Waals surface area contributed by atoms with E-state index in [2.05, 4.69) is 16.6 Å². The van der Waals surface area contributed by atoms with Crippen LogP contribution in [0.4, 0.5) is 0 Å². The molecule has 0 saturated heterocycles. The number of ether oxygens (including phenoxy) is 1. The summed E-state index contributed by atoms with van der Waals surface area (Å²) < 4.78 is 5.58. The molecule has 1 heterocycles. The van der Waals surface area contributed by atoms with E-state index in [9.17, 15) is 0 Å². The van der Waals surface area contributed by atoms with E-state index in [0.717, 1.165) is 23.9 Å². The lowest BCUT2D eigenvalue weighted by Crippen LogP contribution is -2.23. The SMILES string of the molecule is CSCCCOC1C=CNC(SC)=N1. The van der Waals surface area contributed by atoms with Crippen LogP contribution in [-0.2, 0) is 4.74 Å². The Balaban J connectivity index is 2.20. The predicted molar refractivity (Wildman–Crippen MR) is 66.0 cm³/mol. The fourth-order valence-electron chi connectivity index (χ4n) is 1.01. The van der Waals surface area contributed by atoms with Gasteiger partial charge in [0.1, 0.15) is 0 Å². The van der Waals surface area contributed by atoms with Crippen LogP contribution in [0.2, 0.25) is 0 Å². The van der Waals surface area contributed by atoms with Gasteiger partial charge in [-0.25, -0.2) is 4.99 Å². The lowest BCUT2D eigenvalue weighted by Gasteiger charge is -2.15. The number of nitrogens with one attached hydrogen (secondary N) is 1. The van der Waals surface area contributed by atoms with Crippen LogP contribution in [0.25, 0.3) is 0 Å². The predicted octanol–water partition coefficient (Wildman–Crippen LogP) is 1.92. The fraction of sp³-hybridized carbons (Fsp3) is 0.667. The minimum atomic E-state index is -0.0967. The Labute approximate surface area is 93.8 Å². The Morgan fingerprint density at radius 2 is 2.43 bits per heavy atom. The van der Waals surface area contributed by atoms with Crippen LogP contribution in [0.3, 0.4) is 0 Å². The van der Waals surface area contributed by atoms with E-state index in [1.807, 2.05) is 30.3 Å². The summed E-state index contributed by atoms with van der Waals surface area (Å²) in [7, 11) is 0. The van der Waals surface area contributed by atoms with Gasteiger partial charge in [0.15, 0.2) is 11.4 Å². The van der Waals surface area contributed by atoms with E-state index in [1.54, 1.807) is 11.8 Å². The zero-order valence-electron chi connectivity index (χ0n) is 8.53. The first-order valence-corrected chi connectivity index (χ1v) is 7.14. The molecule has 0 saturated carbocycles. The lowest BCUT2D eigenvalue weighted by atomic mass is 10.5. The summed E-state index contributed by atoms with van der Waals surface area (Å²) in [4.78, 5) is 4.35. The molecule has 0 aromatic carbocycles. The molecular weight excluding hydrogens is 216 g/mol. The summed E-state index contributed by atoms with van der Waals surface area (Å²) in [5, 5.41) is 3.97. The van der Waals surface area contributed by atoms with Crippen molar-refractivity contribution in [1.82, 2.24) is 5.32 Å². The van der Waals surface area contributed by atoms with Crippen molar-refractivity contribution in [2.45, 2.75) is 12.6 Å². The number of aliphatic imine (C=N–C) groups is 1. The van der Waals surface area contributed by atoms with Crippen molar-refractivity contribution in [3.05, 3.63) is 12.3 Å². The zero-order valence-corrected chi connectivity index (χ0v) is 10.2. The Bertz CT molecular complexity index is 219. The van der Waals surface area contributed by atoms with E-state index in [0.29, 0.717) is 0 Å². The molecule has 0 aromatic rings. The van der Waals surface area contributed by atoms with Gasteiger partial charge in [-0.3, -0.25) is 0 Å². The molecule has 5 heteroatoms. The molecule has 1 atom stereocenters. The molecule has 1 aliphatic heterocycles. The van der Waals surface area contributed by atoms with Crippen molar-refractivity contribution >= 4 is 28.7 Å². The minimum absolute atomic E-state index is 0.0967. The maximum absolute atomic E-state index is 5.58. The maximum Gasteiger partial charge on any atom is 0.171 e. The van der Waals surface area contributed by atoms with Crippen molar-refractivity contribution < 1.29 is 4.74 Å². The third-order valence-electron chi connectivity index (χ3n) is 1.69. The topological polar surface area (TPSA) is 33.6 Å². The quantitative estimate of drug-likeness (QED) is 0.734. The first-order chi connectivity index (χ1) is 6.86. The molecule has 1 N–H and O–H groups in total. The molecule has 80 valence electrons. The van der Waals surface area contributed by atoms with Crippen LogP contribution in [0.5, 0.6) is 0 Å². The van der Waals surface area contributed by atoms with E-state index < -0.39 is 0 Å². The second-order valence-electron chi connectivity index (χ2n) is 2.75. The highest BCUT2D eigenvalue weighted by Gasteiger charge is 2.08. The third kappa shape index (κ3) is 4.39. The summed E-state index contributed by atoms with van der Waals surface area (Å²) in [5.41, 5.74) is 0. The number of hydrogen-bond acceptors (Lipinski definition) is 5. The van der Waals surface area contributed by atoms with Crippen LogP contribution in [0.1, 0.15) is 6.42 Å². The first-order valence-electron chi connectivity index (χ1n) is 4.52. The third-order valence-corrected chi connectivity index (χ3v) is 2.99. The summed E-state index contributed by atoms with van der Waals surface area (Å²) >= 11 is 3.44. The van der Waals surface area contributed by atoms with Crippen molar-refractivity contribution in [3.8, 4) is 0 Å². The summed E-state index contributed by atoms with van der Waals surface area (Å²) in [6.45, 7) is 0.779. The molecule has 3 nitrogen and oxygen atoms in total. The molecule has 0 fully saturated rings. The molecule has 1 rings (SSSR count). The molecule has 0 spiro atoms. The molecular formula is C9H16N2OS2. The van der Waals surface area contributed by atoms with E-state index in [1.165, 1.54) is 0 Å². The van der Waals surface area contributed by atoms with Gasteiger partial charge in [0.25, 0.3) is 0 Å². The molecule has 14 heavy (non-hydrogen) atoms. The van der Waals surface area contributed by atoms with Crippen LogP contribution >= 0.6 is 23.5 Å². The molecule has 0 aliphatic carbocycles. The van der Waals surface area contributed by atoms with Crippen molar-refractivity contribution in [3.63, 3.8) is 0 Å². The van der Waals surface area contributed by atoms with Crippen LogP contribution in [0.15, 0.2) is 17.3 Å². The van der Waals surface area contributed by atoms with Gasteiger partial charge in [0.05, 0.1) is 6.61 Å². The van der Waals surface area contributed by atoms with Crippen molar-refractivity contribution in [2.24, 2.45) is 4.99 Å². The van der Waals surface area contributed by atoms with E-state index >= 15 is 0 Å². The van der Waals surface area contributed by atoms with Gasteiger partial charge < -0.3 is 10.1 Å². The van der Waals surface area contributed by atoms with Crippen molar-refractivity contribution in [1.29, 1.82) is 0 Å². The molecule has 0 aromatic heterocycles. The van der Waals surface area contributed by atoms with Gasteiger partial charge >= 0.3 is 0 Å². The van der Waals surface area contributed by atoms with Gasteiger partial charge in [-0.15, -0.1) is 0 Å². The average Bonchev–Trinajstić information content (AvgIpc) is 2.25. The van der Waals surface area contributed by atoms with Crippen LogP contribution in [-0.4, -0.2) is 36.3 Å². The lowest BCUT2D eigenvalue weighted by molar-refractivity contribution is 0.0914. The van der Waals surface area contributed by atoms with Gasteiger partial charge in [0, 0.05) is 6.20 Å². The molecule has 0 amide bonds. The number of rotatable bonds is 5. The second-order valence-corrected chi connectivity index (χ2v) is 4.53. The van der Waals surface area contributed by atoms with Gasteiger partial charge in [-0.1, -0.05) is 11.8 Å². The zero-order chi connectivity index (χ0) is 10.2. The standard InChI is InChI=1S/C9H16N2OS2/c1-13-7-3-6-12-8-4-5-10-9(11-8)14-2/h4-5,8H,3,6-7H2,1-2H3,(H,10,11). The van der Waals surface area contributed by atoms with Crippen LogP contribution < -0.4 is 5.32 Å². The highest BCUT2D eigenvalue weighted by molar-refractivity contribution is 8.13. The molecule has 1 unspecified atom stereocenters. The summed E-state index contributed by atoms with van der Waals surface area (Å²) in [5.74, 6) is 1.15. The smallest absolute Gasteiger partial charge is 0.171 e. The monoisotopic (exact) mass is 232 g/mol. The number of thioether (sulfide) groups is 2. The summed E-state index contributed by atoms with van der Waals surface area (Å²) in [6, 6.07) is 0. The molecule has 1 aliphatic rings. The van der Waals surface area contributed by atoms with Gasteiger partial charge in [-0.05, 0) is 30.8 Å². The second kappa shape index (κ2) is 7.20. The number of hydrogen-bond donors (Lipinski definition) is 1. The Kier molecular flexibility index (Phi) is 6.14. The highest BCUT2D eigenvalue weighted by atomic mass is 32.2. The Hall–Kier alpha value is -0.130. The van der Waals surface area contributed by atoms with E-state index in [4.69, 9.17) is 4.74 Å². The Morgan fingerprint density at radius 3 is 3.14 bits per heavy atom. The highest BCUT2D eigenvalue weighted by Crippen LogP contribution is 2.07. The fourth-order valence-corrected chi connectivity index (χ4v) is 1.81. The van der Waals surface area contributed by atoms with E-state index in [-0.39, 0.29) is 6.23 Å². The maximum atomic E-state index is 5.58. The van der Waals surface area contributed by atoms with Crippen LogP contribution in [0, 0.1) is 0 Å². The largest absolute Gasteiger partial charge is 0.353 e. The minimum Gasteiger partial charge on any atom is -0.353 e. The number of amidine groups is 1. The molecule has 0 radical (unpaired) electrons. The molecule has 0 bridgehead atoms. The normalized spacial score (nSPS) is 20.4.